The third-order valence-corrected chi connectivity index (χ3v) is 6.25. The quantitative estimate of drug-likeness (QED) is 0.304. The summed E-state index contributed by atoms with van der Waals surface area (Å²) in [6.45, 7) is 0. The smallest absolute Gasteiger partial charge is 0.234 e. The lowest BCUT2D eigenvalue weighted by Crippen LogP contribution is -2.14. The molecule has 0 bridgehead atoms. The Kier molecular flexibility index (Phi) is 7.79. The molecule has 0 fully saturated rings. The summed E-state index contributed by atoms with van der Waals surface area (Å²) in [6.07, 6.45) is 0. The molecule has 0 spiro atoms. The van der Waals surface area contributed by atoms with E-state index >= 15 is 0 Å². The first-order valence-electron chi connectivity index (χ1n) is 10.5. The van der Waals surface area contributed by atoms with E-state index in [2.05, 4.69) is 15.5 Å². The standard InChI is InChI=1S/C25H23ClN4O4S/c1-32-20-11-4-16(5-12-20)24-28-29-25(30(24)19-9-6-17(26)7-10-19)35-15-23(31)27-18-8-13-21(33-2)22(14-18)34-3/h4-14H,15H2,1-3H3,(H,27,31). The first-order chi connectivity index (χ1) is 17.0. The lowest BCUT2D eigenvalue weighted by atomic mass is 10.2. The van der Waals surface area contributed by atoms with Gasteiger partial charge in [-0.1, -0.05) is 23.4 Å². The summed E-state index contributed by atoms with van der Waals surface area (Å²) in [7, 11) is 4.72. The average Bonchev–Trinajstić information content (AvgIpc) is 3.31. The summed E-state index contributed by atoms with van der Waals surface area (Å²) in [5.74, 6) is 2.43. The molecule has 0 saturated heterocycles. The van der Waals surface area contributed by atoms with E-state index in [1.165, 1.54) is 11.8 Å². The maximum absolute atomic E-state index is 12.7. The second-order valence-electron chi connectivity index (χ2n) is 7.25. The van der Waals surface area contributed by atoms with Crippen LogP contribution in [0, 0.1) is 0 Å². The number of rotatable bonds is 9. The fraction of sp³-hybridized carbons (Fsp3) is 0.160. The number of hydrogen-bond acceptors (Lipinski definition) is 7. The summed E-state index contributed by atoms with van der Waals surface area (Å²) in [6, 6.07) is 20.1. The predicted molar refractivity (Wildman–Crippen MR) is 137 cm³/mol. The molecule has 8 nitrogen and oxygen atoms in total. The van der Waals surface area contributed by atoms with Crippen LogP contribution < -0.4 is 19.5 Å². The van der Waals surface area contributed by atoms with E-state index in [0.717, 1.165) is 17.0 Å². The summed E-state index contributed by atoms with van der Waals surface area (Å²) < 4.78 is 17.7. The van der Waals surface area contributed by atoms with Gasteiger partial charge in [0.15, 0.2) is 22.5 Å². The van der Waals surface area contributed by atoms with E-state index in [9.17, 15) is 4.79 Å². The summed E-state index contributed by atoms with van der Waals surface area (Å²) in [4.78, 5) is 12.7. The van der Waals surface area contributed by atoms with Crippen molar-refractivity contribution < 1.29 is 19.0 Å². The minimum atomic E-state index is -0.195. The highest BCUT2D eigenvalue weighted by atomic mass is 35.5. The van der Waals surface area contributed by atoms with Crippen LogP contribution in [0.2, 0.25) is 5.02 Å². The minimum Gasteiger partial charge on any atom is -0.497 e. The number of hydrogen-bond donors (Lipinski definition) is 1. The number of halogens is 1. The molecular formula is C25H23ClN4O4S. The number of benzene rings is 3. The van der Waals surface area contributed by atoms with Crippen molar-refractivity contribution in [3.8, 4) is 34.3 Å². The van der Waals surface area contributed by atoms with Crippen molar-refractivity contribution in [1.29, 1.82) is 0 Å². The molecule has 10 heteroatoms. The molecule has 0 aliphatic rings. The molecule has 4 rings (SSSR count). The van der Waals surface area contributed by atoms with Crippen molar-refractivity contribution in [2.75, 3.05) is 32.4 Å². The molecule has 0 aliphatic carbocycles. The molecule has 1 heterocycles. The number of thioether (sulfide) groups is 1. The zero-order valence-electron chi connectivity index (χ0n) is 19.3. The molecule has 0 unspecified atom stereocenters. The highest BCUT2D eigenvalue weighted by Crippen LogP contribution is 2.31. The molecule has 4 aromatic rings. The molecule has 35 heavy (non-hydrogen) atoms. The molecular weight excluding hydrogens is 488 g/mol. The Balaban J connectivity index is 1.56. The average molecular weight is 511 g/mol. The summed E-state index contributed by atoms with van der Waals surface area (Å²) >= 11 is 7.37. The third-order valence-electron chi connectivity index (χ3n) is 5.07. The lowest BCUT2D eigenvalue weighted by Gasteiger charge is -2.12. The van der Waals surface area contributed by atoms with E-state index in [0.29, 0.717) is 33.2 Å². The Hall–Kier alpha value is -3.69. The van der Waals surface area contributed by atoms with Gasteiger partial charge in [0, 0.05) is 28.0 Å². The summed E-state index contributed by atoms with van der Waals surface area (Å²) in [5.41, 5.74) is 2.29. The van der Waals surface area contributed by atoms with Crippen LogP contribution in [0.3, 0.4) is 0 Å². The van der Waals surface area contributed by atoms with Gasteiger partial charge in [-0.05, 0) is 60.7 Å². The molecule has 1 N–H and O–H groups in total. The van der Waals surface area contributed by atoms with E-state index < -0.39 is 0 Å². The zero-order chi connectivity index (χ0) is 24.8. The van der Waals surface area contributed by atoms with Crippen molar-refractivity contribution in [1.82, 2.24) is 14.8 Å². The van der Waals surface area contributed by atoms with Crippen molar-refractivity contribution in [2.24, 2.45) is 0 Å². The van der Waals surface area contributed by atoms with Crippen LogP contribution in [0.1, 0.15) is 0 Å². The van der Waals surface area contributed by atoms with Crippen LogP contribution >= 0.6 is 23.4 Å². The summed E-state index contributed by atoms with van der Waals surface area (Å²) in [5, 5.41) is 12.8. The molecule has 1 aromatic heterocycles. The second kappa shape index (κ2) is 11.2. The first kappa shape index (κ1) is 24.4. The Morgan fingerprint density at radius 1 is 0.914 bits per heavy atom. The van der Waals surface area contributed by atoms with Crippen molar-refractivity contribution in [3.05, 3.63) is 71.8 Å². The number of carbonyl (C=O) groups excluding carboxylic acids is 1. The highest BCUT2D eigenvalue weighted by molar-refractivity contribution is 7.99. The Bertz CT molecular complexity index is 1310. The number of nitrogens with zero attached hydrogens (tertiary/aromatic N) is 3. The molecule has 180 valence electrons. The van der Waals surface area contributed by atoms with Gasteiger partial charge >= 0.3 is 0 Å². The van der Waals surface area contributed by atoms with Gasteiger partial charge in [0.25, 0.3) is 0 Å². The van der Waals surface area contributed by atoms with Crippen LogP contribution in [0.4, 0.5) is 5.69 Å². The lowest BCUT2D eigenvalue weighted by molar-refractivity contribution is -0.113. The number of amides is 1. The molecule has 0 aliphatic heterocycles. The monoisotopic (exact) mass is 510 g/mol. The fourth-order valence-corrected chi connectivity index (χ4v) is 4.23. The molecule has 1 amide bonds. The van der Waals surface area contributed by atoms with Gasteiger partial charge in [0.2, 0.25) is 5.91 Å². The second-order valence-corrected chi connectivity index (χ2v) is 8.63. The predicted octanol–water partition coefficient (Wildman–Crippen LogP) is 5.34. The van der Waals surface area contributed by atoms with Crippen LogP contribution in [0.25, 0.3) is 17.1 Å². The van der Waals surface area contributed by atoms with E-state index in [1.54, 1.807) is 51.7 Å². The third kappa shape index (κ3) is 5.70. The Labute approximate surface area is 212 Å². The number of anilines is 1. The molecule has 0 radical (unpaired) electrons. The van der Waals surface area contributed by atoms with Crippen molar-refractivity contribution in [2.45, 2.75) is 5.16 Å². The normalized spacial score (nSPS) is 10.6. The SMILES string of the molecule is COc1ccc(-c2nnc(SCC(=O)Nc3ccc(OC)c(OC)c3)n2-c2ccc(Cl)cc2)cc1. The largest absolute Gasteiger partial charge is 0.497 e. The Morgan fingerprint density at radius 2 is 1.63 bits per heavy atom. The molecule has 0 atom stereocenters. The van der Waals surface area contributed by atoms with Crippen molar-refractivity contribution >= 4 is 35.0 Å². The van der Waals surface area contributed by atoms with Gasteiger partial charge in [-0.3, -0.25) is 9.36 Å². The topological polar surface area (TPSA) is 87.5 Å². The van der Waals surface area contributed by atoms with Gasteiger partial charge in [-0.25, -0.2) is 0 Å². The van der Waals surface area contributed by atoms with E-state index in [-0.39, 0.29) is 11.7 Å². The van der Waals surface area contributed by atoms with Gasteiger partial charge < -0.3 is 19.5 Å². The van der Waals surface area contributed by atoms with E-state index in [4.69, 9.17) is 25.8 Å². The van der Waals surface area contributed by atoms with Crippen LogP contribution in [-0.2, 0) is 4.79 Å². The van der Waals surface area contributed by atoms with Gasteiger partial charge in [-0.15, -0.1) is 10.2 Å². The van der Waals surface area contributed by atoms with Gasteiger partial charge in [-0.2, -0.15) is 0 Å². The molecule has 0 saturated carbocycles. The zero-order valence-corrected chi connectivity index (χ0v) is 20.9. The van der Waals surface area contributed by atoms with Crippen molar-refractivity contribution in [3.63, 3.8) is 0 Å². The van der Waals surface area contributed by atoms with Gasteiger partial charge in [0.05, 0.1) is 27.1 Å². The minimum absolute atomic E-state index is 0.128. The van der Waals surface area contributed by atoms with Crippen LogP contribution in [-0.4, -0.2) is 47.8 Å². The van der Waals surface area contributed by atoms with E-state index in [1.807, 2.05) is 41.0 Å². The number of aromatic nitrogens is 3. The number of methoxy groups -OCH3 is 3. The van der Waals surface area contributed by atoms with Gasteiger partial charge in [0.1, 0.15) is 5.75 Å². The maximum Gasteiger partial charge on any atom is 0.234 e. The maximum atomic E-state index is 12.7. The fourth-order valence-electron chi connectivity index (χ4n) is 3.35. The first-order valence-corrected chi connectivity index (χ1v) is 11.9. The highest BCUT2D eigenvalue weighted by Gasteiger charge is 2.18. The number of carbonyl (C=O) groups is 1. The number of nitrogens with one attached hydrogen (secondary N) is 1. The van der Waals surface area contributed by atoms with Crippen LogP contribution in [0.5, 0.6) is 17.2 Å². The Morgan fingerprint density at radius 3 is 2.29 bits per heavy atom. The van der Waals surface area contributed by atoms with Crippen LogP contribution in [0.15, 0.2) is 71.9 Å². The number of ether oxygens (including phenoxy) is 3. The molecule has 3 aromatic carbocycles.